The number of ether oxygens (including phenoxy) is 1. The molecule has 4 heteroatoms. The summed E-state index contributed by atoms with van der Waals surface area (Å²) in [5.74, 6) is 1.02. The van der Waals surface area contributed by atoms with Gasteiger partial charge >= 0.3 is 0 Å². The van der Waals surface area contributed by atoms with E-state index in [2.05, 4.69) is 0 Å². The third kappa shape index (κ3) is 6.02. The molecule has 0 amide bonds. The minimum Gasteiger partial charge on any atom is -0.508 e. The Hall–Kier alpha value is -1.55. The second-order valence-electron chi connectivity index (χ2n) is 2.69. The van der Waals surface area contributed by atoms with E-state index >= 15 is 0 Å². The molecule has 0 saturated carbocycles. The van der Waals surface area contributed by atoms with Gasteiger partial charge in [-0.25, -0.2) is 0 Å². The first-order valence-corrected chi connectivity index (χ1v) is 4.14. The molecule has 0 bridgehead atoms. The zero-order valence-corrected chi connectivity index (χ0v) is 8.31. The zero-order valence-electron chi connectivity index (χ0n) is 8.31. The maximum absolute atomic E-state index is 9.38. The highest BCUT2D eigenvalue weighted by molar-refractivity contribution is 5.55. The van der Waals surface area contributed by atoms with Crippen LogP contribution in [0.5, 0.6) is 11.5 Å². The van der Waals surface area contributed by atoms with Gasteiger partial charge in [0.1, 0.15) is 17.8 Å². The molecule has 0 saturated heterocycles. The molecule has 1 aromatic carbocycles. The van der Waals surface area contributed by atoms with E-state index in [0.29, 0.717) is 6.29 Å². The topological polar surface area (TPSA) is 72.6 Å². The molecule has 1 rings (SSSR count). The van der Waals surface area contributed by atoms with Crippen LogP contribution in [0, 0.1) is 0 Å². The molecule has 0 aliphatic heterocycles. The van der Waals surface area contributed by atoms with E-state index in [1.165, 1.54) is 0 Å². The van der Waals surface area contributed by atoms with E-state index in [1.807, 2.05) is 0 Å². The summed E-state index contributed by atoms with van der Waals surface area (Å²) >= 11 is 0. The van der Waals surface area contributed by atoms with Crippen molar-refractivity contribution < 1.29 is 14.6 Å². The summed E-state index contributed by atoms with van der Waals surface area (Å²) in [6.45, 7) is 1.63. The molecule has 78 valence electrons. The summed E-state index contributed by atoms with van der Waals surface area (Å²) in [7, 11) is 1.59. The van der Waals surface area contributed by atoms with Gasteiger partial charge < -0.3 is 20.4 Å². The predicted octanol–water partition coefficient (Wildman–Crippen LogP) is 0.933. The van der Waals surface area contributed by atoms with E-state index in [1.54, 1.807) is 38.3 Å². The minimum absolute atomic E-state index is 0.260. The van der Waals surface area contributed by atoms with E-state index in [0.717, 1.165) is 5.75 Å². The van der Waals surface area contributed by atoms with Crippen molar-refractivity contribution in [2.24, 2.45) is 5.73 Å². The molecule has 4 nitrogen and oxygen atoms in total. The van der Waals surface area contributed by atoms with Gasteiger partial charge in [0.25, 0.3) is 0 Å². The standard InChI is InChI=1S/C7H8O2.C3H7NO/c1-9-7-4-2-6(8)3-5-7;1-3(4)2-5/h2-5,8H,1H3;2-3H,4H2,1H3. The van der Waals surface area contributed by atoms with Gasteiger partial charge in [0, 0.05) is 0 Å². The Kier molecular flexibility index (Phi) is 6.15. The van der Waals surface area contributed by atoms with Crippen molar-refractivity contribution in [3.05, 3.63) is 24.3 Å². The minimum atomic E-state index is -0.296. The molecule has 14 heavy (non-hydrogen) atoms. The van der Waals surface area contributed by atoms with Gasteiger partial charge in [-0.05, 0) is 31.2 Å². The average Bonchev–Trinajstić information content (AvgIpc) is 2.20. The summed E-state index contributed by atoms with van der Waals surface area (Å²) in [5, 5.41) is 8.80. The Balaban J connectivity index is 0.000000292. The number of methoxy groups -OCH3 is 1. The van der Waals surface area contributed by atoms with Gasteiger partial charge in [0.2, 0.25) is 0 Å². The molecule has 1 aromatic rings. The number of carbonyl (C=O) groups is 1. The number of aldehydes is 1. The number of carbonyl (C=O) groups excluding carboxylic acids is 1. The smallest absolute Gasteiger partial charge is 0.136 e. The molecule has 0 heterocycles. The van der Waals surface area contributed by atoms with Gasteiger partial charge in [-0.3, -0.25) is 0 Å². The fourth-order valence-corrected chi connectivity index (χ4v) is 0.582. The molecule has 0 spiro atoms. The third-order valence-electron chi connectivity index (χ3n) is 1.29. The summed E-state index contributed by atoms with van der Waals surface area (Å²) in [6.07, 6.45) is 0.694. The summed E-state index contributed by atoms with van der Waals surface area (Å²) < 4.78 is 4.86. The Morgan fingerprint density at radius 2 is 1.86 bits per heavy atom. The molecular weight excluding hydrogens is 182 g/mol. The summed E-state index contributed by atoms with van der Waals surface area (Å²) in [4.78, 5) is 9.38. The molecule has 0 aromatic heterocycles. The molecule has 0 fully saturated rings. The van der Waals surface area contributed by atoms with Crippen LogP contribution in [0.1, 0.15) is 6.92 Å². The van der Waals surface area contributed by atoms with Crippen LogP contribution in [-0.4, -0.2) is 24.5 Å². The fourth-order valence-electron chi connectivity index (χ4n) is 0.582. The number of hydrogen-bond acceptors (Lipinski definition) is 4. The Labute approximate surface area is 83.3 Å². The maximum atomic E-state index is 9.38. The van der Waals surface area contributed by atoms with Crippen molar-refractivity contribution in [2.75, 3.05) is 7.11 Å². The number of phenolic OH excluding ortho intramolecular Hbond substituents is 1. The van der Waals surface area contributed by atoms with E-state index in [-0.39, 0.29) is 11.8 Å². The van der Waals surface area contributed by atoms with Crippen LogP contribution in [0.15, 0.2) is 24.3 Å². The van der Waals surface area contributed by atoms with E-state index < -0.39 is 0 Å². The number of benzene rings is 1. The number of aromatic hydroxyl groups is 1. The van der Waals surface area contributed by atoms with Gasteiger partial charge in [-0.2, -0.15) is 0 Å². The number of phenols is 1. The quantitative estimate of drug-likeness (QED) is 0.692. The van der Waals surface area contributed by atoms with Crippen molar-refractivity contribution in [2.45, 2.75) is 13.0 Å². The number of rotatable bonds is 2. The van der Waals surface area contributed by atoms with Crippen LogP contribution >= 0.6 is 0 Å². The predicted molar refractivity (Wildman–Crippen MR) is 54.4 cm³/mol. The highest BCUT2D eigenvalue weighted by Crippen LogP contribution is 2.14. The second-order valence-corrected chi connectivity index (χ2v) is 2.69. The van der Waals surface area contributed by atoms with Crippen LogP contribution < -0.4 is 10.5 Å². The zero-order chi connectivity index (χ0) is 11.0. The molecule has 0 aliphatic carbocycles. The van der Waals surface area contributed by atoms with E-state index in [9.17, 15) is 4.79 Å². The van der Waals surface area contributed by atoms with Gasteiger partial charge in [-0.15, -0.1) is 0 Å². The Morgan fingerprint density at radius 3 is 2.14 bits per heavy atom. The second kappa shape index (κ2) is 6.91. The molecule has 3 N–H and O–H groups in total. The number of nitrogens with two attached hydrogens (primary N) is 1. The van der Waals surface area contributed by atoms with Crippen molar-refractivity contribution >= 4 is 6.29 Å². The first-order chi connectivity index (χ1) is 6.60. The van der Waals surface area contributed by atoms with Gasteiger partial charge in [-0.1, -0.05) is 0 Å². The van der Waals surface area contributed by atoms with Crippen LogP contribution in [0.2, 0.25) is 0 Å². The van der Waals surface area contributed by atoms with Crippen LogP contribution in [0.3, 0.4) is 0 Å². The Morgan fingerprint density at radius 1 is 1.43 bits per heavy atom. The first kappa shape index (κ1) is 12.4. The lowest BCUT2D eigenvalue weighted by Crippen LogP contribution is -2.15. The molecule has 0 radical (unpaired) electrons. The lowest BCUT2D eigenvalue weighted by molar-refractivity contribution is -0.108. The lowest BCUT2D eigenvalue weighted by atomic mass is 10.3. The van der Waals surface area contributed by atoms with Gasteiger partial charge in [0.05, 0.1) is 13.2 Å². The maximum Gasteiger partial charge on any atom is 0.136 e. The van der Waals surface area contributed by atoms with E-state index in [4.69, 9.17) is 15.6 Å². The largest absolute Gasteiger partial charge is 0.508 e. The first-order valence-electron chi connectivity index (χ1n) is 4.14. The van der Waals surface area contributed by atoms with Crippen LogP contribution in [0.4, 0.5) is 0 Å². The molecule has 0 aliphatic rings. The van der Waals surface area contributed by atoms with Gasteiger partial charge in [0.15, 0.2) is 0 Å². The Bertz CT molecular complexity index is 257. The monoisotopic (exact) mass is 197 g/mol. The van der Waals surface area contributed by atoms with Crippen molar-refractivity contribution in [3.8, 4) is 11.5 Å². The van der Waals surface area contributed by atoms with Crippen LogP contribution in [-0.2, 0) is 4.79 Å². The van der Waals surface area contributed by atoms with Crippen molar-refractivity contribution in [1.82, 2.24) is 0 Å². The van der Waals surface area contributed by atoms with Crippen LogP contribution in [0.25, 0.3) is 0 Å². The lowest BCUT2D eigenvalue weighted by Gasteiger charge is -1.96. The highest BCUT2D eigenvalue weighted by atomic mass is 16.5. The van der Waals surface area contributed by atoms with Crippen molar-refractivity contribution in [3.63, 3.8) is 0 Å². The van der Waals surface area contributed by atoms with Crippen molar-refractivity contribution in [1.29, 1.82) is 0 Å². The third-order valence-corrected chi connectivity index (χ3v) is 1.29. The molecular formula is C10H15NO3. The summed E-state index contributed by atoms with van der Waals surface area (Å²) in [5.41, 5.74) is 4.92. The average molecular weight is 197 g/mol. The highest BCUT2D eigenvalue weighted by Gasteiger charge is 1.87. The SMILES string of the molecule is CC(N)C=O.COc1ccc(O)cc1. The number of hydrogen-bond donors (Lipinski definition) is 2. The normalized spacial score (nSPS) is 10.8. The molecule has 1 unspecified atom stereocenters. The summed E-state index contributed by atoms with van der Waals surface area (Å²) in [6, 6.07) is 6.28. The fraction of sp³-hybridized carbons (Fsp3) is 0.300. The molecule has 1 atom stereocenters.